The van der Waals surface area contributed by atoms with Crippen LogP contribution in [0.2, 0.25) is 0 Å². The number of benzene rings is 1. The first-order valence-electron chi connectivity index (χ1n) is 6.18. The molecule has 7 nitrogen and oxygen atoms in total. The van der Waals surface area contributed by atoms with E-state index in [1.807, 2.05) is 0 Å². The van der Waals surface area contributed by atoms with Crippen LogP contribution in [0, 0.1) is 0 Å². The van der Waals surface area contributed by atoms with Crippen molar-refractivity contribution in [1.29, 1.82) is 0 Å². The average molecular weight is 280 g/mol. The first-order chi connectivity index (χ1) is 9.65. The van der Waals surface area contributed by atoms with E-state index in [9.17, 15) is 9.59 Å². The first kappa shape index (κ1) is 14.1. The van der Waals surface area contributed by atoms with Crippen LogP contribution in [0.25, 0.3) is 0 Å². The van der Waals surface area contributed by atoms with Gasteiger partial charge in [0.05, 0.1) is 18.8 Å². The number of carboxylic acids is 1. The predicted molar refractivity (Wildman–Crippen MR) is 71.5 cm³/mol. The third-order valence-electron chi connectivity index (χ3n) is 2.90. The van der Waals surface area contributed by atoms with Crippen LogP contribution < -0.4 is 15.0 Å². The Morgan fingerprint density at radius 1 is 1.50 bits per heavy atom. The summed E-state index contributed by atoms with van der Waals surface area (Å²) in [7, 11) is 1.55. The highest BCUT2D eigenvalue weighted by atomic mass is 16.5. The number of aromatic carboxylic acids is 1. The molecule has 0 fully saturated rings. The molecule has 2 rings (SSSR count). The molecule has 0 aliphatic carbocycles. The average Bonchev–Trinajstić information content (AvgIpc) is 2.46. The van der Waals surface area contributed by atoms with Crippen LogP contribution in [0.15, 0.2) is 18.2 Å². The van der Waals surface area contributed by atoms with E-state index in [4.69, 9.17) is 14.6 Å². The Hall–Kier alpha value is -2.28. The van der Waals surface area contributed by atoms with E-state index in [0.29, 0.717) is 25.4 Å². The number of fused-ring (bicyclic) bond motifs is 1. The Morgan fingerprint density at radius 3 is 3.00 bits per heavy atom. The van der Waals surface area contributed by atoms with Crippen molar-refractivity contribution in [1.82, 2.24) is 5.32 Å². The SMILES string of the molecule is COCCNC(=O)N1CCOc2c(C(=O)O)cccc21. The largest absolute Gasteiger partial charge is 0.489 e. The van der Waals surface area contributed by atoms with Gasteiger partial charge < -0.3 is 19.9 Å². The van der Waals surface area contributed by atoms with E-state index >= 15 is 0 Å². The number of methoxy groups -OCH3 is 1. The molecular formula is C13H16N2O5. The quantitative estimate of drug-likeness (QED) is 0.801. The van der Waals surface area contributed by atoms with Crippen LogP contribution in [0.1, 0.15) is 10.4 Å². The Balaban J connectivity index is 2.22. The number of carboxylic acid groups (broad SMARTS) is 1. The molecule has 1 aromatic carbocycles. The van der Waals surface area contributed by atoms with Crippen molar-refractivity contribution in [3.63, 3.8) is 0 Å². The zero-order chi connectivity index (χ0) is 14.5. The predicted octanol–water partition coefficient (Wildman–Crippen LogP) is 0.940. The first-order valence-corrected chi connectivity index (χ1v) is 6.18. The van der Waals surface area contributed by atoms with Crippen LogP contribution in [0.3, 0.4) is 0 Å². The standard InChI is InChI=1S/C13H16N2O5/c1-19-7-5-14-13(18)15-6-8-20-11-9(12(16)17)3-2-4-10(11)15/h2-4H,5-8H2,1H3,(H,14,18)(H,16,17). The molecule has 108 valence electrons. The van der Waals surface area contributed by atoms with Gasteiger partial charge in [-0.05, 0) is 12.1 Å². The third-order valence-corrected chi connectivity index (χ3v) is 2.90. The van der Waals surface area contributed by atoms with Gasteiger partial charge in [-0.1, -0.05) is 6.07 Å². The highest BCUT2D eigenvalue weighted by Crippen LogP contribution is 2.34. The van der Waals surface area contributed by atoms with Gasteiger partial charge in [0.1, 0.15) is 12.2 Å². The lowest BCUT2D eigenvalue weighted by Gasteiger charge is -2.30. The van der Waals surface area contributed by atoms with Gasteiger partial charge in [0.15, 0.2) is 5.75 Å². The lowest BCUT2D eigenvalue weighted by atomic mass is 10.1. The molecule has 1 heterocycles. The van der Waals surface area contributed by atoms with E-state index < -0.39 is 5.97 Å². The number of hydrogen-bond donors (Lipinski definition) is 2. The molecule has 1 aliphatic rings. The molecule has 0 saturated carbocycles. The molecule has 7 heteroatoms. The third kappa shape index (κ3) is 2.83. The zero-order valence-corrected chi connectivity index (χ0v) is 11.1. The fourth-order valence-corrected chi connectivity index (χ4v) is 1.98. The van der Waals surface area contributed by atoms with Crippen molar-refractivity contribution < 1.29 is 24.2 Å². The number of anilines is 1. The van der Waals surface area contributed by atoms with Gasteiger partial charge >= 0.3 is 12.0 Å². The molecular weight excluding hydrogens is 264 g/mol. The van der Waals surface area contributed by atoms with Crippen LogP contribution in [-0.4, -0.2) is 50.5 Å². The summed E-state index contributed by atoms with van der Waals surface area (Å²) in [6.07, 6.45) is 0. The van der Waals surface area contributed by atoms with Crippen molar-refractivity contribution in [2.75, 3.05) is 38.3 Å². The molecule has 2 N–H and O–H groups in total. The van der Waals surface area contributed by atoms with Crippen LogP contribution >= 0.6 is 0 Å². The van der Waals surface area contributed by atoms with Crippen LogP contribution in [0.4, 0.5) is 10.5 Å². The Labute approximate surface area is 116 Å². The maximum atomic E-state index is 12.1. The van der Waals surface area contributed by atoms with E-state index in [2.05, 4.69) is 5.32 Å². The maximum absolute atomic E-state index is 12.1. The Morgan fingerprint density at radius 2 is 2.30 bits per heavy atom. The second kappa shape index (κ2) is 6.25. The van der Waals surface area contributed by atoms with Gasteiger partial charge in [-0.25, -0.2) is 9.59 Å². The van der Waals surface area contributed by atoms with Gasteiger partial charge in [0.25, 0.3) is 0 Å². The van der Waals surface area contributed by atoms with Gasteiger partial charge in [0, 0.05) is 13.7 Å². The molecule has 20 heavy (non-hydrogen) atoms. The number of para-hydroxylation sites is 1. The van der Waals surface area contributed by atoms with Gasteiger partial charge in [-0.2, -0.15) is 0 Å². The second-order valence-electron chi connectivity index (χ2n) is 4.18. The van der Waals surface area contributed by atoms with E-state index in [-0.39, 0.29) is 24.0 Å². The molecule has 0 unspecified atom stereocenters. The van der Waals surface area contributed by atoms with Gasteiger partial charge in [-0.3, -0.25) is 4.90 Å². The fourth-order valence-electron chi connectivity index (χ4n) is 1.98. The smallest absolute Gasteiger partial charge is 0.339 e. The summed E-state index contributed by atoms with van der Waals surface area (Å²) < 4.78 is 10.3. The molecule has 0 saturated heterocycles. The molecule has 1 aliphatic heterocycles. The van der Waals surface area contributed by atoms with E-state index in [1.165, 1.54) is 11.0 Å². The van der Waals surface area contributed by atoms with E-state index in [1.54, 1.807) is 19.2 Å². The summed E-state index contributed by atoms with van der Waals surface area (Å²) in [6, 6.07) is 4.41. The van der Waals surface area contributed by atoms with Crippen molar-refractivity contribution in [3.05, 3.63) is 23.8 Å². The summed E-state index contributed by atoms with van der Waals surface area (Å²) in [4.78, 5) is 24.7. The van der Waals surface area contributed by atoms with Crippen molar-refractivity contribution in [2.45, 2.75) is 0 Å². The Bertz CT molecular complexity index is 517. The number of ether oxygens (including phenoxy) is 2. The lowest BCUT2D eigenvalue weighted by Crippen LogP contribution is -2.45. The lowest BCUT2D eigenvalue weighted by molar-refractivity contribution is 0.0692. The van der Waals surface area contributed by atoms with Crippen LogP contribution in [0.5, 0.6) is 5.75 Å². The number of hydrogen-bond acceptors (Lipinski definition) is 4. The number of nitrogens with one attached hydrogen (secondary N) is 1. The molecule has 0 atom stereocenters. The summed E-state index contributed by atoms with van der Waals surface area (Å²) in [6.45, 7) is 1.43. The number of carbonyl (C=O) groups is 2. The van der Waals surface area contributed by atoms with Crippen molar-refractivity contribution >= 4 is 17.7 Å². The number of amides is 2. The summed E-state index contributed by atoms with van der Waals surface area (Å²) in [5, 5.41) is 11.8. The summed E-state index contributed by atoms with van der Waals surface area (Å²) >= 11 is 0. The monoisotopic (exact) mass is 280 g/mol. The summed E-state index contributed by atoms with van der Waals surface area (Å²) in [5.41, 5.74) is 0.517. The highest BCUT2D eigenvalue weighted by Gasteiger charge is 2.27. The second-order valence-corrected chi connectivity index (χ2v) is 4.18. The van der Waals surface area contributed by atoms with Gasteiger partial charge in [0.2, 0.25) is 0 Å². The number of urea groups is 1. The Kier molecular flexibility index (Phi) is 4.41. The number of carbonyl (C=O) groups excluding carboxylic acids is 1. The normalized spacial score (nSPS) is 13.3. The molecule has 1 aromatic rings. The maximum Gasteiger partial charge on any atom is 0.339 e. The minimum Gasteiger partial charge on any atom is -0.489 e. The molecule has 2 amide bonds. The zero-order valence-electron chi connectivity index (χ0n) is 11.1. The molecule has 0 bridgehead atoms. The molecule has 0 spiro atoms. The molecule has 0 radical (unpaired) electrons. The highest BCUT2D eigenvalue weighted by molar-refractivity contribution is 5.99. The van der Waals surface area contributed by atoms with Crippen LogP contribution in [-0.2, 0) is 4.74 Å². The minimum atomic E-state index is -1.08. The topological polar surface area (TPSA) is 88.1 Å². The summed E-state index contributed by atoms with van der Waals surface area (Å²) in [5.74, 6) is -0.850. The number of nitrogens with zero attached hydrogens (tertiary/aromatic N) is 1. The molecule has 0 aromatic heterocycles. The fraction of sp³-hybridized carbons (Fsp3) is 0.385. The van der Waals surface area contributed by atoms with Crippen molar-refractivity contribution in [3.8, 4) is 5.75 Å². The van der Waals surface area contributed by atoms with Crippen molar-refractivity contribution in [2.24, 2.45) is 0 Å². The van der Waals surface area contributed by atoms with E-state index in [0.717, 1.165) is 0 Å². The minimum absolute atomic E-state index is 0.0527. The number of rotatable bonds is 4. The van der Waals surface area contributed by atoms with Gasteiger partial charge in [-0.15, -0.1) is 0 Å².